The van der Waals surface area contributed by atoms with Crippen molar-refractivity contribution in [2.45, 2.75) is 18.9 Å². The van der Waals surface area contributed by atoms with Crippen molar-refractivity contribution in [2.75, 3.05) is 25.0 Å². The molecule has 2 N–H and O–H groups in total. The Labute approximate surface area is 113 Å². The van der Waals surface area contributed by atoms with Crippen LogP contribution in [0.15, 0.2) is 30.5 Å². The smallest absolute Gasteiger partial charge is 0.136 e. The second kappa shape index (κ2) is 5.05. The maximum Gasteiger partial charge on any atom is 0.136 e. The van der Waals surface area contributed by atoms with E-state index in [0.29, 0.717) is 6.04 Å². The number of nitrogens with zero attached hydrogens (tertiary/aromatic N) is 2. The standard InChI is InChI=1S/C15H19N3O/c1-18(10-12-3-2-7-16-12)15-14-9-13(19)5-4-11(14)6-8-17-15/h4-6,8-9,12,16,19H,2-3,7,10H2,1H3. The second-order valence-electron chi connectivity index (χ2n) is 5.21. The summed E-state index contributed by atoms with van der Waals surface area (Å²) in [5, 5.41) is 15.3. The van der Waals surface area contributed by atoms with Crippen LogP contribution in [0.5, 0.6) is 5.75 Å². The molecule has 100 valence electrons. The zero-order chi connectivity index (χ0) is 13.2. The van der Waals surface area contributed by atoms with Crippen molar-refractivity contribution in [1.29, 1.82) is 0 Å². The molecule has 0 saturated carbocycles. The van der Waals surface area contributed by atoms with Crippen LogP contribution in [-0.2, 0) is 0 Å². The molecule has 0 aliphatic carbocycles. The van der Waals surface area contributed by atoms with Gasteiger partial charge in [-0.15, -0.1) is 0 Å². The summed E-state index contributed by atoms with van der Waals surface area (Å²) in [5.74, 6) is 1.22. The average molecular weight is 257 g/mol. The van der Waals surface area contributed by atoms with Gasteiger partial charge in [0.2, 0.25) is 0 Å². The Balaban J connectivity index is 1.92. The van der Waals surface area contributed by atoms with Gasteiger partial charge in [0.1, 0.15) is 11.6 Å². The number of benzene rings is 1. The summed E-state index contributed by atoms with van der Waals surface area (Å²) < 4.78 is 0. The summed E-state index contributed by atoms with van der Waals surface area (Å²) in [4.78, 5) is 6.65. The normalized spacial score (nSPS) is 18.9. The molecule has 1 aromatic carbocycles. The third-order valence-electron chi connectivity index (χ3n) is 3.75. The van der Waals surface area contributed by atoms with Gasteiger partial charge in [0, 0.05) is 31.2 Å². The number of phenolic OH excluding ortho intramolecular Hbond substituents is 1. The quantitative estimate of drug-likeness (QED) is 0.884. The van der Waals surface area contributed by atoms with E-state index >= 15 is 0 Å². The first-order valence-corrected chi connectivity index (χ1v) is 6.76. The van der Waals surface area contributed by atoms with Gasteiger partial charge in [0.05, 0.1) is 0 Å². The summed E-state index contributed by atoms with van der Waals surface area (Å²) in [7, 11) is 2.06. The van der Waals surface area contributed by atoms with Gasteiger partial charge in [-0.1, -0.05) is 6.07 Å². The lowest BCUT2D eigenvalue weighted by Gasteiger charge is -2.23. The van der Waals surface area contributed by atoms with E-state index in [1.807, 2.05) is 18.3 Å². The molecule has 4 nitrogen and oxygen atoms in total. The number of pyridine rings is 1. The van der Waals surface area contributed by atoms with E-state index < -0.39 is 0 Å². The number of rotatable bonds is 3. The fourth-order valence-corrected chi connectivity index (χ4v) is 2.77. The third kappa shape index (κ3) is 2.49. The molecule has 1 unspecified atom stereocenters. The molecule has 0 radical (unpaired) electrons. The molecule has 3 rings (SSSR count). The van der Waals surface area contributed by atoms with E-state index in [9.17, 15) is 5.11 Å². The first-order valence-electron chi connectivity index (χ1n) is 6.76. The molecule has 1 saturated heterocycles. The lowest BCUT2D eigenvalue weighted by atomic mass is 10.1. The van der Waals surface area contributed by atoms with Crippen LogP contribution in [-0.4, -0.2) is 36.3 Å². The van der Waals surface area contributed by atoms with Crippen LogP contribution in [0, 0.1) is 0 Å². The van der Waals surface area contributed by atoms with Crippen molar-refractivity contribution in [3.8, 4) is 5.75 Å². The molecule has 2 heterocycles. The SMILES string of the molecule is CN(CC1CCCN1)c1nccc2ccc(O)cc12. The first-order chi connectivity index (χ1) is 9.24. The van der Waals surface area contributed by atoms with Gasteiger partial charge in [0.25, 0.3) is 0 Å². The highest BCUT2D eigenvalue weighted by molar-refractivity contribution is 5.93. The monoisotopic (exact) mass is 257 g/mol. The molecule has 0 amide bonds. The highest BCUT2D eigenvalue weighted by Gasteiger charge is 2.17. The number of likely N-dealkylation sites (N-methyl/N-ethyl adjacent to an activating group) is 1. The van der Waals surface area contributed by atoms with Crippen LogP contribution in [0.1, 0.15) is 12.8 Å². The van der Waals surface area contributed by atoms with Crippen molar-refractivity contribution in [1.82, 2.24) is 10.3 Å². The van der Waals surface area contributed by atoms with Crippen molar-refractivity contribution >= 4 is 16.6 Å². The van der Waals surface area contributed by atoms with E-state index in [-0.39, 0.29) is 5.75 Å². The van der Waals surface area contributed by atoms with Gasteiger partial charge in [-0.2, -0.15) is 0 Å². The Morgan fingerprint density at radius 3 is 3.11 bits per heavy atom. The van der Waals surface area contributed by atoms with E-state index in [4.69, 9.17) is 0 Å². The molecule has 19 heavy (non-hydrogen) atoms. The minimum absolute atomic E-state index is 0.286. The summed E-state index contributed by atoms with van der Waals surface area (Å²) >= 11 is 0. The maximum atomic E-state index is 9.66. The Kier molecular flexibility index (Phi) is 3.25. The number of aromatic hydroxyl groups is 1. The number of anilines is 1. The number of fused-ring (bicyclic) bond motifs is 1. The predicted octanol–water partition coefficient (Wildman–Crippen LogP) is 2.13. The van der Waals surface area contributed by atoms with Gasteiger partial charge in [-0.25, -0.2) is 4.98 Å². The Hall–Kier alpha value is -1.81. The fourth-order valence-electron chi connectivity index (χ4n) is 2.77. The van der Waals surface area contributed by atoms with Crippen LogP contribution in [0.4, 0.5) is 5.82 Å². The Bertz CT molecular complexity index is 579. The third-order valence-corrected chi connectivity index (χ3v) is 3.75. The van der Waals surface area contributed by atoms with Gasteiger partial charge >= 0.3 is 0 Å². The first kappa shape index (κ1) is 12.2. The van der Waals surface area contributed by atoms with E-state index in [2.05, 4.69) is 22.2 Å². The molecule has 2 aromatic rings. The minimum atomic E-state index is 0.286. The molecule has 0 bridgehead atoms. The van der Waals surface area contributed by atoms with E-state index in [1.165, 1.54) is 12.8 Å². The molecular formula is C15H19N3O. The lowest BCUT2D eigenvalue weighted by molar-refractivity contribution is 0.476. The highest BCUT2D eigenvalue weighted by Crippen LogP contribution is 2.27. The van der Waals surface area contributed by atoms with Crippen molar-refractivity contribution in [2.24, 2.45) is 0 Å². The molecule has 1 aromatic heterocycles. The van der Waals surface area contributed by atoms with Crippen LogP contribution >= 0.6 is 0 Å². The van der Waals surface area contributed by atoms with Crippen molar-refractivity contribution in [3.63, 3.8) is 0 Å². The maximum absolute atomic E-state index is 9.66. The number of phenols is 1. The van der Waals surface area contributed by atoms with Gasteiger partial charge in [0.15, 0.2) is 0 Å². The van der Waals surface area contributed by atoms with E-state index in [1.54, 1.807) is 12.1 Å². The van der Waals surface area contributed by atoms with Crippen LogP contribution in [0.25, 0.3) is 10.8 Å². The molecular weight excluding hydrogens is 238 g/mol. The minimum Gasteiger partial charge on any atom is -0.508 e. The zero-order valence-electron chi connectivity index (χ0n) is 11.1. The van der Waals surface area contributed by atoms with Crippen LogP contribution in [0.3, 0.4) is 0 Å². The molecule has 1 aliphatic heterocycles. The Morgan fingerprint density at radius 1 is 1.42 bits per heavy atom. The lowest BCUT2D eigenvalue weighted by Crippen LogP contribution is -2.35. The van der Waals surface area contributed by atoms with Gasteiger partial charge in [-0.05, 0) is 43.0 Å². The van der Waals surface area contributed by atoms with Crippen molar-refractivity contribution < 1.29 is 5.11 Å². The fraction of sp³-hybridized carbons (Fsp3) is 0.400. The summed E-state index contributed by atoms with van der Waals surface area (Å²) in [6, 6.07) is 7.94. The predicted molar refractivity (Wildman–Crippen MR) is 77.7 cm³/mol. The number of hydrogen-bond acceptors (Lipinski definition) is 4. The second-order valence-corrected chi connectivity index (χ2v) is 5.21. The molecule has 4 heteroatoms. The van der Waals surface area contributed by atoms with E-state index in [0.717, 1.165) is 29.7 Å². The molecule has 0 spiro atoms. The van der Waals surface area contributed by atoms with Gasteiger partial charge < -0.3 is 15.3 Å². The number of hydrogen-bond donors (Lipinski definition) is 2. The Morgan fingerprint density at radius 2 is 2.32 bits per heavy atom. The largest absolute Gasteiger partial charge is 0.508 e. The average Bonchev–Trinajstić information content (AvgIpc) is 2.90. The summed E-state index contributed by atoms with van der Waals surface area (Å²) in [5.41, 5.74) is 0. The van der Waals surface area contributed by atoms with Crippen molar-refractivity contribution in [3.05, 3.63) is 30.5 Å². The highest BCUT2D eigenvalue weighted by atomic mass is 16.3. The molecule has 1 fully saturated rings. The number of aromatic nitrogens is 1. The number of nitrogens with one attached hydrogen (secondary N) is 1. The van der Waals surface area contributed by atoms with Gasteiger partial charge in [-0.3, -0.25) is 0 Å². The molecule has 1 atom stereocenters. The zero-order valence-corrected chi connectivity index (χ0v) is 11.1. The van der Waals surface area contributed by atoms with Crippen LogP contribution < -0.4 is 10.2 Å². The summed E-state index contributed by atoms with van der Waals surface area (Å²) in [6.07, 6.45) is 4.30. The molecule has 1 aliphatic rings. The summed E-state index contributed by atoms with van der Waals surface area (Å²) in [6.45, 7) is 2.06. The topological polar surface area (TPSA) is 48.4 Å². The van der Waals surface area contributed by atoms with Crippen LogP contribution in [0.2, 0.25) is 0 Å².